The summed E-state index contributed by atoms with van der Waals surface area (Å²) in [5.41, 5.74) is 1.25. The molecule has 1 aromatic heterocycles. The second-order valence-corrected chi connectivity index (χ2v) is 5.08. The molecular formula is C13H21N3O. The third kappa shape index (κ3) is 2.38. The Bertz CT molecular complexity index is 319. The fourth-order valence-electron chi connectivity index (χ4n) is 2.98. The highest BCUT2D eigenvalue weighted by molar-refractivity contribution is 5.06. The van der Waals surface area contributed by atoms with Crippen LogP contribution in [0.2, 0.25) is 0 Å². The maximum absolute atomic E-state index is 5.83. The van der Waals surface area contributed by atoms with Crippen LogP contribution in [0.15, 0.2) is 12.5 Å². The molecule has 0 amide bonds. The number of morpholine rings is 1. The molecule has 1 unspecified atom stereocenters. The van der Waals surface area contributed by atoms with Crippen molar-refractivity contribution in [3.63, 3.8) is 0 Å². The van der Waals surface area contributed by atoms with Gasteiger partial charge in [0.1, 0.15) is 6.10 Å². The van der Waals surface area contributed by atoms with Crippen molar-refractivity contribution in [3.05, 3.63) is 18.2 Å². The van der Waals surface area contributed by atoms with Crippen molar-refractivity contribution in [2.24, 2.45) is 0 Å². The van der Waals surface area contributed by atoms with Gasteiger partial charge < -0.3 is 14.6 Å². The maximum Gasteiger partial charge on any atom is 0.111 e. The molecule has 2 heterocycles. The largest absolute Gasteiger partial charge is 0.369 e. The number of ether oxygens (including phenoxy) is 1. The summed E-state index contributed by atoms with van der Waals surface area (Å²) in [5.74, 6) is 0. The number of nitrogens with zero attached hydrogens (tertiary/aromatic N) is 2. The molecule has 1 aliphatic carbocycles. The molecule has 1 atom stereocenters. The summed E-state index contributed by atoms with van der Waals surface area (Å²) >= 11 is 0. The fourth-order valence-corrected chi connectivity index (χ4v) is 2.98. The van der Waals surface area contributed by atoms with Crippen molar-refractivity contribution < 1.29 is 4.74 Å². The molecule has 2 fully saturated rings. The molecular weight excluding hydrogens is 214 g/mol. The standard InChI is InChI=1S/C13H21N3O/c1-2-4-11(5-3-1)16-10-15-8-12(16)13-9-14-6-7-17-13/h8,10-11,13-14H,1-7,9H2. The third-order valence-electron chi connectivity index (χ3n) is 3.92. The summed E-state index contributed by atoms with van der Waals surface area (Å²) < 4.78 is 8.19. The zero-order valence-electron chi connectivity index (χ0n) is 10.3. The Morgan fingerprint density at radius 1 is 1.29 bits per heavy atom. The van der Waals surface area contributed by atoms with Crippen molar-refractivity contribution in [1.29, 1.82) is 0 Å². The van der Waals surface area contributed by atoms with E-state index in [1.165, 1.54) is 37.8 Å². The Labute approximate surface area is 102 Å². The molecule has 1 aliphatic heterocycles. The topological polar surface area (TPSA) is 39.1 Å². The highest BCUT2D eigenvalue weighted by atomic mass is 16.5. The highest BCUT2D eigenvalue weighted by Crippen LogP contribution is 2.31. The van der Waals surface area contributed by atoms with Crippen LogP contribution in [0.3, 0.4) is 0 Å². The maximum atomic E-state index is 5.83. The minimum absolute atomic E-state index is 0.188. The van der Waals surface area contributed by atoms with Crippen LogP contribution in [-0.4, -0.2) is 29.2 Å². The van der Waals surface area contributed by atoms with E-state index in [4.69, 9.17) is 4.74 Å². The van der Waals surface area contributed by atoms with Gasteiger partial charge >= 0.3 is 0 Å². The lowest BCUT2D eigenvalue weighted by Crippen LogP contribution is -2.34. The molecule has 4 nitrogen and oxygen atoms in total. The Morgan fingerprint density at radius 3 is 2.94 bits per heavy atom. The summed E-state index contributed by atoms with van der Waals surface area (Å²) in [4.78, 5) is 4.33. The van der Waals surface area contributed by atoms with Gasteiger partial charge in [0.25, 0.3) is 0 Å². The molecule has 0 bridgehead atoms. The van der Waals surface area contributed by atoms with Gasteiger partial charge in [-0.2, -0.15) is 0 Å². The zero-order valence-corrected chi connectivity index (χ0v) is 10.3. The van der Waals surface area contributed by atoms with E-state index < -0.39 is 0 Å². The van der Waals surface area contributed by atoms with Crippen molar-refractivity contribution in [2.75, 3.05) is 19.7 Å². The van der Waals surface area contributed by atoms with E-state index in [0.29, 0.717) is 6.04 Å². The van der Waals surface area contributed by atoms with E-state index in [0.717, 1.165) is 19.7 Å². The van der Waals surface area contributed by atoms with Gasteiger partial charge in [-0.3, -0.25) is 0 Å². The SMILES string of the molecule is c1ncn(C2CCCCC2)c1C1CNCCO1. The monoisotopic (exact) mass is 235 g/mol. The molecule has 0 aromatic carbocycles. The van der Waals surface area contributed by atoms with E-state index in [1.807, 2.05) is 12.5 Å². The first-order valence-electron chi connectivity index (χ1n) is 6.79. The molecule has 0 spiro atoms. The van der Waals surface area contributed by atoms with Crippen LogP contribution < -0.4 is 5.32 Å². The van der Waals surface area contributed by atoms with Crippen LogP contribution in [0.25, 0.3) is 0 Å². The van der Waals surface area contributed by atoms with Crippen LogP contribution in [0.4, 0.5) is 0 Å². The zero-order chi connectivity index (χ0) is 11.5. The van der Waals surface area contributed by atoms with E-state index in [1.54, 1.807) is 0 Å². The molecule has 94 valence electrons. The Morgan fingerprint density at radius 2 is 2.18 bits per heavy atom. The molecule has 1 aromatic rings. The van der Waals surface area contributed by atoms with Gasteiger partial charge in [0.05, 0.1) is 24.8 Å². The van der Waals surface area contributed by atoms with Gasteiger partial charge in [-0.1, -0.05) is 19.3 Å². The smallest absolute Gasteiger partial charge is 0.111 e. The van der Waals surface area contributed by atoms with Crippen LogP contribution in [0.1, 0.15) is 49.9 Å². The minimum atomic E-state index is 0.188. The van der Waals surface area contributed by atoms with Crippen LogP contribution in [-0.2, 0) is 4.74 Å². The first kappa shape index (κ1) is 11.2. The molecule has 4 heteroatoms. The van der Waals surface area contributed by atoms with Crippen LogP contribution >= 0.6 is 0 Å². The molecule has 1 N–H and O–H groups in total. The normalized spacial score (nSPS) is 27.2. The lowest BCUT2D eigenvalue weighted by molar-refractivity contribution is 0.0214. The minimum Gasteiger partial charge on any atom is -0.369 e. The van der Waals surface area contributed by atoms with E-state index in [-0.39, 0.29) is 6.10 Å². The van der Waals surface area contributed by atoms with E-state index in [2.05, 4.69) is 14.9 Å². The second kappa shape index (κ2) is 5.19. The molecule has 0 radical (unpaired) electrons. The Kier molecular flexibility index (Phi) is 3.43. The summed E-state index contributed by atoms with van der Waals surface area (Å²) in [6, 6.07) is 0.645. The summed E-state index contributed by atoms with van der Waals surface area (Å²) in [6.07, 6.45) is 10.8. The first-order valence-corrected chi connectivity index (χ1v) is 6.79. The summed E-state index contributed by atoms with van der Waals surface area (Å²) in [6.45, 7) is 2.69. The highest BCUT2D eigenvalue weighted by Gasteiger charge is 2.23. The Balaban J connectivity index is 1.77. The van der Waals surface area contributed by atoms with Crippen molar-refractivity contribution in [1.82, 2.24) is 14.9 Å². The predicted molar refractivity (Wildman–Crippen MR) is 65.9 cm³/mol. The van der Waals surface area contributed by atoms with Gasteiger partial charge in [-0.15, -0.1) is 0 Å². The predicted octanol–water partition coefficient (Wildman–Crippen LogP) is 2.05. The quantitative estimate of drug-likeness (QED) is 0.852. The molecule has 1 saturated carbocycles. The van der Waals surface area contributed by atoms with Gasteiger partial charge in [-0.05, 0) is 12.8 Å². The van der Waals surface area contributed by atoms with Crippen molar-refractivity contribution >= 4 is 0 Å². The van der Waals surface area contributed by atoms with Gasteiger partial charge in [-0.25, -0.2) is 4.98 Å². The lowest BCUT2D eigenvalue weighted by atomic mass is 9.95. The number of hydrogen-bond acceptors (Lipinski definition) is 3. The number of imidazole rings is 1. The fraction of sp³-hybridized carbons (Fsp3) is 0.769. The average molecular weight is 235 g/mol. The van der Waals surface area contributed by atoms with Crippen LogP contribution in [0, 0.1) is 0 Å². The number of aromatic nitrogens is 2. The third-order valence-corrected chi connectivity index (χ3v) is 3.92. The van der Waals surface area contributed by atoms with Gasteiger partial charge in [0.15, 0.2) is 0 Å². The summed E-state index contributed by atoms with van der Waals surface area (Å²) in [7, 11) is 0. The van der Waals surface area contributed by atoms with Gasteiger partial charge in [0, 0.05) is 19.1 Å². The number of nitrogens with one attached hydrogen (secondary N) is 1. The number of hydrogen-bond donors (Lipinski definition) is 1. The van der Waals surface area contributed by atoms with Gasteiger partial charge in [0.2, 0.25) is 0 Å². The number of rotatable bonds is 2. The Hall–Kier alpha value is -0.870. The molecule has 17 heavy (non-hydrogen) atoms. The second-order valence-electron chi connectivity index (χ2n) is 5.08. The first-order chi connectivity index (χ1) is 8.45. The van der Waals surface area contributed by atoms with E-state index >= 15 is 0 Å². The molecule has 2 aliphatic rings. The molecule has 3 rings (SSSR count). The van der Waals surface area contributed by atoms with E-state index in [9.17, 15) is 0 Å². The van der Waals surface area contributed by atoms with Crippen molar-refractivity contribution in [2.45, 2.75) is 44.2 Å². The molecule has 1 saturated heterocycles. The lowest BCUT2D eigenvalue weighted by Gasteiger charge is -2.29. The van der Waals surface area contributed by atoms with Crippen molar-refractivity contribution in [3.8, 4) is 0 Å². The van der Waals surface area contributed by atoms with Crippen LogP contribution in [0.5, 0.6) is 0 Å². The average Bonchev–Trinajstić information content (AvgIpc) is 2.90. The summed E-state index contributed by atoms with van der Waals surface area (Å²) in [5, 5.41) is 3.39.